The Kier molecular flexibility index (Phi) is 3.68. The molecule has 2 heterocycles. The van der Waals surface area contributed by atoms with Gasteiger partial charge in [-0.1, -0.05) is 30.7 Å². The number of benzene rings is 1. The number of nitrogens with two attached hydrogens (primary N) is 1. The monoisotopic (exact) mass is 306 g/mol. The standard InChI is InChI=1S/C15H16ClFN4/c1-9-5-6-21(13-8-12(16)19-15(18)20-13)14(9)10-3-2-4-11(17)7-10/h2-4,7-9,14H,5-6H2,1H3,(H2,18,19,20). The van der Waals surface area contributed by atoms with Crippen molar-refractivity contribution in [3.05, 3.63) is 46.9 Å². The maximum atomic E-state index is 13.5. The van der Waals surface area contributed by atoms with Crippen LogP contribution >= 0.6 is 11.6 Å². The molecule has 1 aliphatic heterocycles. The van der Waals surface area contributed by atoms with E-state index < -0.39 is 0 Å². The minimum Gasteiger partial charge on any atom is -0.368 e. The summed E-state index contributed by atoms with van der Waals surface area (Å²) >= 11 is 5.97. The molecule has 6 heteroatoms. The largest absolute Gasteiger partial charge is 0.368 e. The summed E-state index contributed by atoms with van der Waals surface area (Å²) in [6, 6.07) is 8.45. The number of hydrogen-bond acceptors (Lipinski definition) is 4. The van der Waals surface area contributed by atoms with Gasteiger partial charge in [0, 0.05) is 12.6 Å². The molecule has 2 atom stereocenters. The molecule has 0 amide bonds. The molecule has 110 valence electrons. The second-order valence-electron chi connectivity index (χ2n) is 5.37. The molecule has 0 radical (unpaired) electrons. The van der Waals surface area contributed by atoms with Crippen LogP contribution in [0.15, 0.2) is 30.3 Å². The van der Waals surface area contributed by atoms with Gasteiger partial charge in [-0.05, 0) is 30.0 Å². The van der Waals surface area contributed by atoms with E-state index >= 15 is 0 Å². The number of rotatable bonds is 2. The molecule has 2 N–H and O–H groups in total. The molecule has 2 aromatic rings. The van der Waals surface area contributed by atoms with E-state index in [4.69, 9.17) is 17.3 Å². The minimum absolute atomic E-state index is 0.0612. The molecule has 1 saturated heterocycles. The smallest absolute Gasteiger partial charge is 0.223 e. The van der Waals surface area contributed by atoms with Crippen LogP contribution in [0, 0.1) is 11.7 Å². The molecule has 21 heavy (non-hydrogen) atoms. The fraction of sp³-hybridized carbons (Fsp3) is 0.333. The van der Waals surface area contributed by atoms with Crippen LogP contribution < -0.4 is 10.6 Å². The van der Waals surface area contributed by atoms with Gasteiger partial charge in [-0.2, -0.15) is 4.98 Å². The van der Waals surface area contributed by atoms with Crippen LogP contribution in [0.3, 0.4) is 0 Å². The fourth-order valence-electron chi connectivity index (χ4n) is 2.97. The Morgan fingerprint density at radius 3 is 2.86 bits per heavy atom. The molecule has 0 saturated carbocycles. The Morgan fingerprint density at radius 2 is 2.14 bits per heavy atom. The van der Waals surface area contributed by atoms with Crippen molar-refractivity contribution in [2.75, 3.05) is 17.2 Å². The summed E-state index contributed by atoms with van der Waals surface area (Å²) in [5.74, 6) is 0.995. The lowest BCUT2D eigenvalue weighted by Gasteiger charge is -2.28. The van der Waals surface area contributed by atoms with Gasteiger partial charge < -0.3 is 10.6 Å². The van der Waals surface area contributed by atoms with E-state index in [2.05, 4.69) is 21.8 Å². The molecule has 1 aromatic heterocycles. The Balaban J connectivity index is 2.01. The molecule has 0 bridgehead atoms. The highest BCUT2D eigenvalue weighted by atomic mass is 35.5. The van der Waals surface area contributed by atoms with Crippen LogP contribution in [0.1, 0.15) is 24.9 Å². The molecule has 3 rings (SSSR count). The first kappa shape index (κ1) is 14.1. The first-order valence-corrected chi connectivity index (χ1v) is 7.24. The van der Waals surface area contributed by atoms with Crippen molar-refractivity contribution in [3.63, 3.8) is 0 Å². The predicted molar refractivity (Wildman–Crippen MR) is 81.7 cm³/mol. The lowest BCUT2D eigenvalue weighted by Crippen LogP contribution is -2.26. The maximum absolute atomic E-state index is 13.5. The summed E-state index contributed by atoms with van der Waals surface area (Å²) in [4.78, 5) is 10.3. The SMILES string of the molecule is CC1CCN(c2cc(Cl)nc(N)n2)C1c1cccc(F)c1. The van der Waals surface area contributed by atoms with Crippen molar-refractivity contribution in [2.24, 2.45) is 5.92 Å². The normalized spacial score (nSPS) is 21.8. The highest BCUT2D eigenvalue weighted by Gasteiger charge is 2.33. The third kappa shape index (κ3) is 2.78. The average Bonchev–Trinajstić information content (AvgIpc) is 2.79. The molecule has 0 aliphatic carbocycles. The van der Waals surface area contributed by atoms with Crippen molar-refractivity contribution in [2.45, 2.75) is 19.4 Å². The number of halogens is 2. The van der Waals surface area contributed by atoms with Crippen LogP contribution in [0.5, 0.6) is 0 Å². The number of hydrogen-bond donors (Lipinski definition) is 1. The van der Waals surface area contributed by atoms with Crippen molar-refractivity contribution in [1.82, 2.24) is 9.97 Å². The topological polar surface area (TPSA) is 55.0 Å². The fourth-order valence-corrected chi connectivity index (χ4v) is 3.16. The highest BCUT2D eigenvalue weighted by molar-refractivity contribution is 6.29. The minimum atomic E-state index is -0.230. The van der Waals surface area contributed by atoms with Crippen LogP contribution in [-0.4, -0.2) is 16.5 Å². The summed E-state index contributed by atoms with van der Waals surface area (Å²) in [6.07, 6.45) is 1.00. The molecule has 1 aromatic carbocycles. The summed E-state index contributed by atoms with van der Waals surface area (Å²) < 4.78 is 13.5. The highest BCUT2D eigenvalue weighted by Crippen LogP contribution is 2.40. The van der Waals surface area contributed by atoms with E-state index in [0.717, 1.165) is 18.5 Å². The predicted octanol–water partition coefficient (Wildman–Crippen LogP) is 3.44. The van der Waals surface area contributed by atoms with Crippen molar-refractivity contribution in [3.8, 4) is 0 Å². The Morgan fingerprint density at radius 1 is 1.33 bits per heavy atom. The van der Waals surface area contributed by atoms with Crippen molar-refractivity contribution in [1.29, 1.82) is 0 Å². The molecular weight excluding hydrogens is 291 g/mol. The zero-order valence-electron chi connectivity index (χ0n) is 11.6. The Hall–Kier alpha value is -1.88. The summed E-state index contributed by atoms with van der Waals surface area (Å²) in [5.41, 5.74) is 6.61. The van der Waals surface area contributed by atoms with E-state index in [0.29, 0.717) is 16.9 Å². The zero-order chi connectivity index (χ0) is 15.0. The first-order chi connectivity index (χ1) is 10.0. The van der Waals surface area contributed by atoms with E-state index in [1.807, 2.05) is 6.07 Å². The molecule has 1 aliphatic rings. The zero-order valence-corrected chi connectivity index (χ0v) is 12.4. The van der Waals surface area contributed by atoms with E-state index in [1.54, 1.807) is 18.2 Å². The summed E-state index contributed by atoms with van der Waals surface area (Å²) in [7, 11) is 0. The van der Waals surface area contributed by atoms with Crippen LogP contribution in [-0.2, 0) is 0 Å². The summed E-state index contributed by atoms with van der Waals surface area (Å²) in [5, 5.41) is 0.315. The van der Waals surface area contributed by atoms with E-state index in [9.17, 15) is 4.39 Å². The second-order valence-corrected chi connectivity index (χ2v) is 5.75. The number of nitrogen functional groups attached to an aromatic ring is 1. The van der Waals surface area contributed by atoms with Crippen molar-refractivity contribution >= 4 is 23.4 Å². The van der Waals surface area contributed by atoms with Gasteiger partial charge in [-0.3, -0.25) is 0 Å². The van der Waals surface area contributed by atoms with Crippen molar-refractivity contribution < 1.29 is 4.39 Å². The third-order valence-electron chi connectivity index (χ3n) is 3.88. The molecule has 0 spiro atoms. The van der Waals surface area contributed by atoms with Gasteiger partial charge in [-0.15, -0.1) is 0 Å². The number of anilines is 2. The average molecular weight is 307 g/mol. The maximum Gasteiger partial charge on any atom is 0.223 e. The molecular formula is C15H16ClFN4. The van der Waals surface area contributed by atoms with Crippen LogP contribution in [0.2, 0.25) is 5.15 Å². The van der Waals surface area contributed by atoms with Crippen LogP contribution in [0.4, 0.5) is 16.2 Å². The lowest BCUT2D eigenvalue weighted by atomic mass is 9.95. The quantitative estimate of drug-likeness (QED) is 0.864. The molecule has 2 unspecified atom stereocenters. The molecule has 1 fully saturated rings. The first-order valence-electron chi connectivity index (χ1n) is 6.87. The van der Waals surface area contributed by atoms with E-state index in [-0.39, 0.29) is 17.8 Å². The third-order valence-corrected chi connectivity index (χ3v) is 4.08. The van der Waals surface area contributed by atoms with Gasteiger partial charge in [0.05, 0.1) is 6.04 Å². The number of nitrogens with zero attached hydrogens (tertiary/aromatic N) is 3. The Labute approximate surface area is 127 Å². The second kappa shape index (κ2) is 5.48. The van der Waals surface area contributed by atoms with E-state index in [1.165, 1.54) is 6.07 Å². The summed E-state index contributed by atoms with van der Waals surface area (Å²) in [6.45, 7) is 2.98. The van der Waals surface area contributed by atoms with Gasteiger partial charge in [-0.25, -0.2) is 9.37 Å². The lowest BCUT2D eigenvalue weighted by molar-refractivity contribution is 0.526. The van der Waals surface area contributed by atoms with Gasteiger partial charge >= 0.3 is 0 Å². The van der Waals surface area contributed by atoms with Gasteiger partial charge in [0.2, 0.25) is 5.95 Å². The van der Waals surface area contributed by atoms with Gasteiger partial charge in [0.15, 0.2) is 0 Å². The Bertz CT molecular complexity index is 644. The molecule has 4 nitrogen and oxygen atoms in total. The van der Waals surface area contributed by atoms with Gasteiger partial charge in [0.1, 0.15) is 16.8 Å². The van der Waals surface area contributed by atoms with Crippen LogP contribution in [0.25, 0.3) is 0 Å². The van der Waals surface area contributed by atoms with Gasteiger partial charge in [0.25, 0.3) is 0 Å². The number of aromatic nitrogens is 2.